The molecule has 1 aliphatic heterocycles. The molecule has 0 aromatic heterocycles. The molecule has 1 fully saturated rings. The van der Waals surface area contributed by atoms with Gasteiger partial charge < -0.3 is 14.8 Å². The Morgan fingerprint density at radius 3 is 2.41 bits per heavy atom. The second-order valence-electron chi connectivity index (χ2n) is 7.32. The summed E-state index contributed by atoms with van der Waals surface area (Å²) in [4.78, 5) is 13.3. The summed E-state index contributed by atoms with van der Waals surface area (Å²) in [5, 5.41) is 3.26. The van der Waals surface area contributed by atoms with E-state index in [-0.39, 0.29) is 11.9 Å². The molecular formula is C23H29NO3. The first-order valence-corrected chi connectivity index (χ1v) is 9.71. The van der Waals surface area contributed by atoms with Crippen molar-refractivity contribution in [2.75, 3.05) is 20.3 Å². The van der Waals surface area contributed by atoms with E-state index in [2.05, 4.69) is 36.5 Å². The molecular weight excluding hydrogens is 338 g/mol. The third-order valence-corrected chi connectivity index (χ3v) is 5.51. The highest BCUT2D eigenvalue weighted by Gasteiger charge is 2.42. The lowest BCUT2D eigenvalue weighted by Crippen LogP contribution is -2.50. The molecule has 2 aromatic rings. The van der Waals surface area contributed by atoms with Crippen LogP contribution in [0, 0.1) is 0 Å². The van der Waals surface area contributed by atoms with Crippen molar-refractivity contribution in [1.82, 2.24) is 5.32 Å². The van der Waals surface area contributed by atoms with Crippen molar-refractivity contribution in [2.45, 2.75) is 44.1 Å². The maximum Gasteiger partial charge on any atom is 0.231 e. The molecule has 0 bridgehead atoms. The molecule has 1 N–H and O–H groups in total. The average molecular weight is 367 g/mol. The van der Waals surface area contributed by atoms with Crippen LogP contribution in [0.25, 0.3) is 0 Å². The predicted molar refractivity (Wildman–Crippen MR) is 107 cm³/mol. The van der Waals surface area contributed by atoms with Gasteiger partial charge in [-0.15, -0.1) is 0 Å². The Morgan fingerprint density at radius 2 is 1.78 bits per heavy atom. The van der Waals surface area contributed by atoms with E-state index < -0.39 is 5.41 Å². The molecule has 1 aliphatic rings. The van der Waals surface area contributed by atoms with Gasteiger partial charge in [0.15, 0.2) is 0 Å². The van der Waals surface area contributed by atoms with Crippen LogP contribution < -0.4 is 10.1 Å². The fraction of sp³-hybridized carbons (Fsp3) is 0.435. The number of hydrogen-bond acceptors (Lipinski definition) is 3. The highest BCUT2D eigenvalue weighted by molar-refractivity contribution is 5.88. The summed E-state index contributed by atoms with van der Waals surface area (Å²) in [6, 6.07) is 18.4. The fourth-order valence-electron chi connectivity index (χ4n) is 3.74. The van der Waals surface area contributed by atoms with Gasteiger partial charge in [0.25, 0.3) is 0 Å². The number of hydrogen-bond donors (Lipinski definition) is 1. The SMILES string of the molecule is COc1ccc(C2(C(=O)NC(C)CCc3ccccc3)CCOCC2)cc1. The highest BCUT2D eigenvalue weighted by atomic mass is 16.5. The lowest BCUT2D eigenvalue weighted by atomic mass is 9.73. The predicted octanol–water partition coefficient (Wildman–Crippen LogP) is 3.88. The Kier molecular flexibility index (Phi) is 6.51. The Balaban J connectivity index is 1.69. The number of nitrogens with one attached hydrogen (secondary N) is 1. The molecule has 1 unspecified atom stereocenters. The Morgan fingerprint density at radius 1 is 1.11 bits per heavy atom. The summed E-state index contributed by atoms with van der Waals surface area (Å²) in [7, 11) is 1.65. The number of carbonyl (C=O) groups is 1. The smallest absolute Gasteiger partial charge is 0.231 e. The summed E-state index contributed by atoms with van der Waals surface area (Å²) in [6.45, 7) is 3.30. The van der Waals surface area contributed by atoms with Gasteiger partial charge in [-0.3, -0.25) is 4.79 Å². The molecule has 0 saturated carbocycles. The summed E-state index contributed by atoms with van der Waals surface area (Å²) in [5.74, 6) is 0.911. The number of rotatable bonds is 7. The molecule has 4 heteroatoms. The van der Waals surface area contributed by atoms with Crippen molar-refractivity contribution in [3.8, 4) is 5.75 Å². The molecule has 0 aliphatic carbocycles. The van der Waals surface area contributed by atoms with E-state index in [1.807, 2.05) is 30.3 Å². The Hall–Kier alpha value is -2.33. The van der Waals surface area contributed by atoms with Crippen LogP contribution in [0.4, 0.5) is 0 Å². The lowest BCUT2D eigenvalue weighted by Gasteiger charge is -2.37. The van der Waals surface area contributed by atoms with Crippen molar-refractivity contribution in [3.05, 3.63) is 65.7 Å². The van der Waals surface area contributed by atoms with Gasteiger partial charge in [-0.1, -0.05) is 42.5 Å². The zero-order valence-corrected chi connectivity index (χ0v) is 16.2. The van der Waals surface area contributed by atoms with Gasteiger partial charge in [0.05, 0.1) is 12.5 Å². The lowest BCUT2D eigenvalue weighted by molar-refractivity contribution is -0.131. The van der Waals surface area contributed by atoms with Gasteiger partial charge in [0, 0.05) is 19.3 Å². The first-order valence-electron chi connectivity index (χ1n) is 9.71. The number of methoxy groups -OCH3 is 1. The number of aryl methyl sites for hydroxylation is 1. The van der Waals surface area contributed by atoms with Crippen molar-refractivity contribution < 1.29 is 14.3 Å². The molecule has 1 heterocycles. The number of carbonyl (C=O) groups excluding carboxylic acids is 1. The molecule has 3 rings (SSSR count). The molecule has 1 saturated heterocycles. The van der Waals surface area contributed by atoms with Crippen molar-refractivity contribution in [2.24, 2.45) is 0 Å². The summed E-state index contributed by atoms with van der Waals surface area (Å²) in [6.07, 6.45) is 3.29. The van der Waals surface area contributed by atoms with E-state index in [0.717, 1.165) is 24.2 Å². The van der Waals surface area contributed by atoms with Gasteiger partial charge in [0.1, 0.15) is 5.75 Å². The Bertz CT molecular complexity index is 721. The molecule has 27 heavy (non-hydrogen) atoms. The second-order valence-corrected chi connectivity index (χ2v) is 7.32. The van der Waals surface area contributed by atoms with Gasteiger partial charge >= 0.3 is 0 Å². The third-order valence-electron chi connectivity index (χ3n) is 5.51. The third kappa shape index (κ3) is 4.69. The van der Waals surface area contributed by atoms with Crippen LogP contribution in [0.1, 0.15) is 37.3 Å². The van der Waals surface area contributed by atoms with Gasteiger partial charge in [-0.25, -0.2) is 0 Å². The summed E-state index contributed by atoms with van der Waals surface area (Å²) >= 11 is 0. The number of benzene rings is 2. The molecule has 1 amide bonds. The van der Waals surface area contributed by atoms with Crippen LogP contribution in [-0.2, 0) is 21.4 Å². The van der Waals surface area contributed by atoms with E-state index >= 15 is 0 Å². The van der Waals surface area contributed by atoms with E-state index in [1.54, 1.807) is 7.11 Å². The van der Waals surface area contributed by atoms with Gasteiger partial charge in [0.2, 0.25) is 5.91 Å². The second kappa shape index (κ2) is 9.05. The van der Waals surface area contributed by atoms with E-state index in [9.17, 15) is 4.79 Å². The quantitative estimate of drug-likeness (QED) is 0.808. The maximum absolute atomic E-state index is 13.3. The minimum absolute atomic E-state index is 0.108. The molecule has 1 atom stereocenters. The molecule has 4 nitrogen and oxygen atoms in total. The van der Waals surface area contributed by atoms with Crippen LogP contribution >= 0.6 is 0 Å². The molecule has 2 aromatic carbocycles. The van der Waals surface area contributed by atoms with Crippen molar-refractivity contribution in [1.29, 1.82) is 0 Å². The zero-order valence-electron chi connectivity index (χ0n) is 16.2. The first kappa shape index (κ1) is 19.4. The average Bonchev–Trinajstić information content (AvgIpc) is 2.73. The molecule has 144 valence electrons. The number of amides is 1. The zero-order chi connectivity index (χ0) is 19.1. The summed E-state index contributed by atoms with van der Waals surface area (Å²) in [5.41, 5.74) is 1.82. The Labute approximate surface area is 161 Å². The minimum Gasteiger partial charge on any atom is -0.497 e. The van der Waals surface area contributed by atoms with Crippen LogP contribution in [0.5, 0.6) is 5.75 Å². The van der Waals surface area contributed by atoms with Crippen molar-refractivity contribution in [3.63, 3.8) is 0 Å². The van der Waals surface area contributed by atoms with Gasteiger partial charge in [-0.2, -0.15) is 0 Å². The molecule has 0 spiro atoms. The van der Waals surface area contributed by atoms with Crippen molar-refractivity contribution >= 4 is 5.91 Å². The van der Waals surface area contributed by atoms with Crippen LogP contribution in [0.2, 0.25) is 0 Å². The van der Waals surface area contributed by atoms with E-state index in [0.29, 0.717) is 26.1 Å². The van der Waals surface area contributed by atoms with Crippen LogP contribution in [-0.4, -0.2) is 32.3 Å². The van der Waals surface area contributed by atoms with E-state index in [4.69, 9.17) is 9.47 Å². The topological polar surface area (TPSA) is 47.6 Å². The minimum atomic E-state index is -0.522. The largest absolute Gasteiger partial charge is 0.497 e. The van der Waals surface area contributed by atoms with Gasteiger partial charge in [-0.05, 0) is 55.9 Å². The maximum atomic E-state index is 13.3. The first-order chi connectivity index (χ1) is 13.1. The van der Waals surface area contributed by atoms with E-state index in [1.165, 1.54) is 5.56 Å². The van der Waals surface area contributed by atoms with Crippen LogP contribution in [0.15, 0.2) is 54.6 Å². The summed E-state index contributed by atoms with van der Waals surface area (Å²) < 4.78 is 10.8. The monoisotopic (exact) mass is 367 g/mol. The number of ether oxygens (including phenoxy) is 2. The molecule has 0 radical (unpaired) electrons. The fourth-order valence-corrected chi connectivity index (χ4v) is 3.74. The highest BCUT2D eigenvalue weighted by Crippen LogP contribution is 2.36. The standard InChI is InChI=1S/C23H29NO3/c1-18(8-9-19-6-4-3-5-7-19)24-22(25)23(14-16-27-17-15-23)20-10-12-21(26-2)13-11-20/h3-7,10-13,18H,8-9,14-17H2,1-2H3,(H,24,25). The van der Waals surface area contributed by atoms with Crippen LogP contribution in [0.3, 0.4) is 0 Å². The normalized spacial score (nSPS) is 17.1.